The van der Waals surface area contributed by atoms with Crippen LogP contribution in [0, 0.1) is 0 Å². The molecule has 0 spiro atoms. The van der Waals surface area contributed by atoms with Gasteiger partial charge in [-0.1, -0.05) is 142 Å². The normalized spacial score (nSPS) is 12.0. The van der Waals surface area contributed by atoms with Crippen molar-refractivity contribution in [1.29, 1.82) is 0 Å². The molecule has 8 nitrogen and oxygen atoms in total. The first-order valence-electron chi connectivity index (χ1n) is 22.0. The summed E-state index contributed by atoms with van der Waals surface area (Å²) >= 11 is 0. The van der Waals surface area contributed by atoms with Crippen molar-refractivity contribution in [3.63, 3.8) is 0 Å². The number of amides is 3. The maximum atomic E-state index is 13.3. The molecule has 3 N–H and O–H groups in total. The molecule has 0 radical (unpaired) electrons. The van der Waals surface area contributed by atoms with Crippen LogP contribution in [0.3, 0.4) is 0 Å². The fourth-order valence-electron chi connectivity index (χ4n) is 6.45. The van der Waals surface area contributed by atoms with E-state index in [2.05, 4.69) is 34.5 Å². The molecule has 0 bridgehead atoms. The summed E-state index contributed by atoms with van der Waals surface area (Å²) < 4.78 is 93.0. The van der Waals surface area contributed by atoms with Gasteiger partial charge in [0.25, 0.3) is 17.7 Å². The van der Waals surface area contributed by atoms with Crippen LogP contribution in [0.25, 0.3) is 0 Å². The van der Waals surface area contributed by atoms with Crippen LogP contribution in [0.1, 0.15) is 205 Å². The quantitative estimate of drug-likeness (QED) is 0.0357. The van der Waals surface area contributed by atoms with Crippen molar-refractivity contribution in [3.05, 3.63) is 34.9 Å². The Balaban J connectivity index is 2.51. The highest BCUT2D eigenvalue weighted by molar-refractivity contribution is 6.04. The number of hydrogen-bond acceptors (Lipinski definition) is 5. The zero-order chi connectivity index (χ0) is 44.0. The van der Waals surface area contributed by atoms with E-state index >= 15 is 0 Å². The van der Waals surface area contributed by atoms with Gasteiger partial charge in [-0.3, -0.25) is 19.2 Å². The van der Waals surface area contributed by atoms with E-state index in [1.807, 2.05) is 0 Å². The molecule has 0 aliphatic rings. The minimum Gasteiger partial charge on any atom is -0.459 e. The van der Waals surface area contributed by atoms with Gasteiger partial charge in [-0.2, -0.15) is 30.7 Å². The molecule has 0 aliphatic heterocycles. The lowest BCUT2D eigenvalue weighted by molar-refractivity contribution is -0.359. The molecule has 1 aromatic carbocycles. The number of unbranched alkanes of at least 4 members (excludes halogenated alkanes) is 21. The topological polar surface area (TPSA) is 114 Å². The van der Waals surface area contributed by atoms with Crippen LogP contribution in [0.4, 0.5) is 30.7 Å². The first-order valence-corrected chi connectivity index (χ1v) is 22.0. The number of carbonyl (C=O) groups excluding carboxylic acids is 4. The Morgan fingerprint density at radius 2 is 0.746 bits per heavy atom. The zero-order valence-corrected chi connectivity index (χ0v) is 35.4. The smallest absolute Gasteiger partial charge is 0.459 e. The minimum atomic E-state index is -6.48. The number of carbonyl (C=O) groups is 4. The fraction of sp³-hybridized carbons (Fsp3) is 0.773. The highest BCUT2D eigenvalue weighted by atomic mass is 19.4. The number of rotatable bonds is 35. The van der Waals surface area contributed by atoms with Gasteiger partial charge in [-0.05, 0) is 43.9 Å². The SMILES string of the molecule is CCCCCCCCCCNC(=O)c1cc(C(=O)NCCCCCCCCCC)cc(C(=O)NCCCCCCCCCCC(=O)OCC(F)(F)C(F)(F)C(F)(F)F)c1. The van der Waals surface area contributed by atoms with Crippen LogP contribution in [0.2, 0.25) is 0 Å². The molecular formula is C44H70F7N3O5. The third-order valence-corrected chi connectivity index (χ3v) is 10.2. The van der Waals surface area contributed by atoms with Gasteiger partial charge < -0.3 is 20.7 Å². The van der Waals surface area contributed by atoms with Gasteiger partial charge in [0.2, 0.25) is 0 Å². The van der Waals surface area contributed by atoms with Gasteiger partial charge in [-0.15, -0.1) is 0 Å². The van der Waals surface area contributed by atoms with Crippen molar-refractivity contribution in [1.82, 2.24) is 16.0 Å². The van der Waals surface area contributed by atoms with Gasteiger partial charge in [-0.25, -0.2) is 0 Å². The second-order valence-electron chi connectivity index (χ2n) is 15.5. The monoisotopic (exact) mass is 854 g/mol. The Morgan fingerprint density at radius 3 is 1.05 bits per heavy atom. The van der Waals surface area contributed by atoms with Crippen molar-refractivity contribution < 1.29 is 54.6 Å². The van der Waals surface area contributed by atoms with Crippen LogP contribution in [-0.2, 0) is 9.53 Å². The van der Waals surface area contributed by atoms with Gasteiger partial charge in [0.05, 0.1) is 0 Å². The number of alkyl halides is 7. The van der Waals surface area contributed by atoms with E-state index in [0.717, 1.165) is 64.2 Å². The van der Waals surface area contributed by atoms with Crippen LogP contribution >= 0.6 is 0 Å². The lowest BCUT2D eigenvalue weighted by Crippen LogP contribution is -2.54. The Labute approximate surface area is 347 Å². The summed E-state index contributed by atoms with van der Waals surface area (Å²) in [6.07, 6.45) is 16.7. The number of esters is 1. The van der Waals surface area contributed by atoms with Crippen LogP contribution in [0.5, 0.6) is 0 Å². The molecule has 0 fully saturated rings. The molecule has 1 aromatic rings. The summed E-state index contributed by atoms with van der Waals surface area (Å²) in [6.45, 7) is 3.41. The minimum absolute atomic E-state index is 0.205. The van der Waals surface area contributed by atoms with E-state index in [0.29, 0.717) is 38.9 Å². The number of nitrogens with one attached hydrogen (secondary N) is 3. The molecule has 0 saturated heterocycles. The molecule has 340 valence electrons. The van der Waals surface area contributed by atoms with Crippen LogP contribution < -0.4 is 16.0 Å². The van der Waals surface area contributed by atoms with E-state index in [9.17, 15) is 49.9 Å². The summed E-state index contributed by atoms with van der Waals surface area (Å²) in [5, 5.41) is 8.75. The van der Waals surface area contributed by atoms with E-state index in [1.54, 1.807) is 0 Å². The number of benzene rings is 1. The van der Waals surface area contributed by atoms with E-state index in [-0.39, 0.29) is 41.3 Å². The van der Waals surface area contributed by atoms with Crippen molar-refractivity contribution in [3.8, 4) is 0 Å². The number of hydrogen-bond donors (Lipinski definition) is 3. The molecule has 1 rings (SSSR count). The number of halogens is 7. The predicted molar refractivity (Wildman–Crippen MR) is 217 cm³/mol. The molecule has 0 heterocycles. The molecule has 0 atom stereocenters. The van der Waals surface area contributed by atoms with Gasteiger partial charge >= 0.3 is 24.0 Å². The Hall–Kier alpha value is -3.39. The molecule has 59 heavy (non-hydrogen) atoms. The summed E-state index contributed by atoms with van der Waals surface area (Å²) in [5.41, 5.74) is 0.718. The van der Waals surface area contributed by atoms with Crippen molar-refractivity contribution in [2.45, 2.75) is 192 Å². The molecule has 0 aliphatic carbocycles. The fourth-order valence-corrected chi connectivity index (χ4v) is 6.45. The molecule has 15 heteroatoms. The van der Waals surface area contributed by atoms with E-state index in [4.69, 9.17) is 0 Å². The van der Waals surface area contributed by atoms with Crippen molar-refractivity contribution in [2.75, 3.05) is 26.2 Å². The standard InChI is InChI=1S/C44H70F7N3O5/c1-3-5-7-9-11-16-20-24-28-52-39(56)35-31-36(40(57)53-29-25-21-17-12-10-8-6-4-2)33-37(32-35)41(58)54-30-26-22-18-14-13-15-19-23-27-38(55)59-34-42(45,46)43(47,48)44(49,50)51/h31-33H,3-30,34H2,1-2H3,(H,52,56)(H,53,57)(H,54,58). The Kier molecular flexibility index (Phi) is 27.8. The van der Waals surface area contributed by atoms with Gasteiger partial charge in [0.15, 0.2) is 6.61 Å². The third-order valence-electron chi connectivity index (χ3n) is 10.2. The van der Waals surface area contributed by atoms with E-state index < -0.39 is 36.5 Å². The second-order valence-corrected chi connectivity index (χ2v) is 15.5. The lowest BCUT2D eigenvalue weighted by Gasteiger charge is -2.27. The second kappa shape index (κ2) is 30.6. The highest BCUT2D eigenvalue weighted by Gasteiger charge is 2.73. The molecule has 0 aromatic heterocycles. The Morgan fingerprint density at radius 1 is 0.458 bits per heavy atom. The number of ether oxygens (including phenoxy) is 1. The van der Waals surface area contributed by atoms with Crippen LogP contribution in [-0.4, -0.2) is 68.0 Å². The van der Waals surface area contributed by atoms with Crippen LogP contribution in [0.15, 0.2) is 18.2 Å². The lowest BCUT2D eigenvalue weighted by atomic mass is 10.0. The average Bonchev–Trinajstić information content (AvgIpc) is 3.19. The third kappa shape index (κ3) is 23.3. The first kappa shape index (κ1) is 53.6. The molecular weight excluding hydrogens is 783 g/mol. The maximum Gasteiger partial charge on any atom is 0.460 e. The Bertz CT molecular complexity index is 1290. The van der Waals surface area contributed by atoms with Crippen molar-refractivity contribution >= 4 is 23.7 Å². The molecule has 0 unspecified atom stereocenters. The molecule has 0 saturated carbocycles. The summed E-state index contributed by atoms with van der Waals surface area (Å²) in [4.78, 5) is 51.0. The summed E-state index contributed by atoms with van der Waals surface area (Å²) in [6, 6.07) is 4.55. The average molecular weight is 854 g/mol. The zero-order valence-electron chi connectivity index (χ0n) is 35.4. The van der Waals surface area contributed by atoms with E-state index in [1.165, 1.54) is 82.4 Å². The first-order chi connectivity index (χ1) is 28.1. The molecule has 3 amide bonds. The van der Waals surface area contributed by atoms with Gasteiger partial charge in [0, 0.05) is 42.7 Å². The maximum absolute atomic E-state index is 13.3. The largest absolute Gasteiger partial charge is 0.460 e. The van der Waals surface area contributed by atoms with Gasteiger partial charge in [0.1, 0.15) is 0 Å². The summed E-state index contributed by atoms with van der Waals surface area (Å²) in [7, 11) is 0. The van der Waals surface area contributed by atoms with Crippen molar-refractivity contribution in [2.24, 2.45) is 0 Å². The summed E-state index contributed by atoms with van der Waals surface area (Å²) in [5.74, 6) is -14.2. The highest BCUT2D eigenvalue weighted by Crippen LogP contribution is 2.46. The predicted octanol–water partition coefficient (Wildman–Crippen LogP) is 12.0.